The van der Waals surface area contributed by atoms with Gasteiger partial charge in [-0.15, -0.1) is 0 Å². The molecule has 0 aliphatic rings. The number of fused-ring (bicyclic) bond motifs is 1. The molecular formula is C23H22ClF2N3O3. The zero-order chi connectivity index (χ0) is 23.1. The van der Waals surface area contributed by atoms with Crippen molar-refractivity contribution in [3.63, 3.8) is 0 Å². The molecule has 2 amide bonds. The van der Waals surface area contributed by atoms with Gasteiger partial charge in [0, 0.05) is 24.5 Å². The summed E-state index contributed by atoms with van der Waals surface area (Å²) in [7, 11) is 0. The number of aryl methyl sites for hydroxylation is 1. The van der Waals surface area contributed by atoms with Crippen LogP contribution in [0.1, 0.15) is 18.9 Å². The topological polar surface area (TPSA) is 71.5 Å². The lowest BCUT2D eigenvalue weighted by molar-refractivity contribution is -0.131. The highest BCUT2D eigenvalue weighted by atomic mass is 35.5. The number of hydrogen-bond donors (Lipinski definition) is 1. The van der Waals surface area contributed by atoms with E-state index in [2.05, 4.69) is 10.3 Å². The van der Waals surface area contributed by atoms with Crippen LogP contribution in [0.2, 0.25) is 5.02 Å². The highest BCUT2D eigenvalue weighted by molar-refractivity contribution is 6.31. The number of amides is 2. The number of carbonyl (C=O) groups is 2. The molecule has 0 spiro atoms. The van der Waals surface area contributed by atoms with E-state index in [9.17, 15) is 18.4 Å². The first kappa shape index (κ1) is 23.4. The van der Waals surface area contributed by atoms with Gasteiger partial charge >= 0.3 is 6.09 Å². The van der Waals surface area contributed by atoms with Crippen LogP contribution in [0.15, 0.2) is 48.7 Å². The van der Waals surface area contributed by atoms with Crippen molar-refractivity contribution in [2.24, 2.45) is 0 Å². The van der Waals surface area contributed by atoms with Crippen LogP contribution >= 0.6 is 11.6 Å². The van der Waals surface area contributed by atoms with Crippen molar-refractivity contribution in [1.29, 1.82) is 0 Å². The molecule has 1 aromatic heterocycles. The maximum Gasteiger partial charge on any atom is 0.412 e. The Kier molecular flexibility index (Phi) is 7.94. The normalized spacial score (nSPS) is 10.8. The zero-order valence-electron chi connectivity index (χ0n) is 17.4. The van der Waals surface area contributed by atoms with E-state index < -0.39 is 11.9 Å². The number of rotatable bonds is 8. The fourth-order valence-corrected chi connectivity index (χ4v) is 3.39. The fourth-order valence-electron chi connectivity index (χ4n) is 3.17. The third-order valence-electron chi connectivity index (χ3n) is 4.88. The monoisotopic (exact) mass is 461 g/mol. The number of hydrogen-bond acceptors (Lipinski definition) is 4. The number of benzene rings is 2. The molecule has 3 aromatic rings. The summed E-state index contributed by atoms with van der Waals surface area (Å²) >= 11 is 5.93. The van der Waals surface area contributed by atoms with Crippen molar-refractivity contribution >= 4 is 40.2 Å². The molecule has 2 aromatic carbocycles. The summed E-state index contributed by atoms with van der Waals surface area (Å²) in [5.74, 6) is -0.839. The van der Waals surface area contributed by atoms with Gasteiger partial charge < -0.3 is 9.64 Å². The Morgan fingerprint density at radius 2 is 1.97 bits per heavy atom. The average molecular weight is 462 g/mol. The summed E-state index contributed by atoms with van der Waals surface area (Å²) in [5.41, 5.74) is 0.564. The lowest BCUT2D eigenvalue weighted by Crippen LogP contribution is -2.34. The summed E-state index contributed by atoms with van der Waals surface area (Å²) in [6, 6.07) is 10.3. The average Bonchev–Trinajstić information content (AvgIpc) is 2.77. The highest BCUT2D eigenvalue weighted by Gasteiger charge is 2.15. The molecule has 0 fully saturated rings. The molecule has 0 saturated heterocycles. The molecule has 0 atom stereocenters. The molecule has 0 bridgehead atoms. The Morgan fingerprint density at radius 3 is 2.75 bits per heavy atom. The van der Waals surface area contributed by atoms with Crippen molar-refractivity contribution in [2.75, 3.05) is 25.0 Å². The predicted molar refractivity (Wildman–Crippen MR) is 119 cm³/mol. The predicted octanol–water partition coefficient (Wildman–Crippen LogP) is 5.20. The van der Waals surface area contributed by atoms with E-state index in [0.29, 0.717) is 23.9 Å². The van der Waals surface area contributed by atoms with Gasteiger partial charge in [-0.3, -0.25) is 10.1 Å². The van der Waals surface area contributed by atoms with Gasteiger partial charge in [0.25, 0.3) is 0 Å². The number of likely N-dealkylation sites (N-methyl/N-ethyl adjacent to an activating group) is 1. The SMILES string of the molecule is CCN(CCOC(=O)Nc1cc2cc(F)ccc2cn1)C(=O)CCc1cccc(F)c1Cl. The van der Waals surface area contributed by atoms with Crippen LogP contribution in [-0.2, 0) is 16.0 Å². The van der Waals surface area contributed by atoms with Gasteiger partial charge in [-0.05, 0) is 54.6 Å². The van der Waals surface area contributed by atoms with E-state index in [4.69, 9.17) is 16.3 Å². The molecule has 0 radical (unpaired) electrons. The van der Waals surface area contributed by atoms with Crippen LogP contribution in [0.4, 0.5) is 19.4 Å². The molecule has 6 nitrogen and oxygen atoms in total. The van der Waals surface area contributed by atoms with Gasteiger partial charge in [-0.2, -0.15) is 0 Å². The molecule has 1 heterocycles. The Balaban J connectivity index is 1.46. The molecule has 32 heavy (non-hydrogen) atoms. The van der Waals surface area contributed by atoms with Crippen molar-refractivity contribution in [3.05, 3.63) is 70.9 Å². The Hall–Kier alpha value is -3.26. The number of aromatic nitrogens is 1. The lowest BCUT2D eigenvalue weighted by atomic mass is 10.1. The van der Waals surface area contributed by atoms with E-state index in [1.807, 2.05) is 6.92 Å². The number of nitrogens with one attached hydrogen (secondary N) is 1. The van der Waals surface area contributed by atoms with Crippen molar-refractivity contribution < 1.29 is 23.1 Å². The Morgan fingerprint density at radius 1 is 1.16 bits per heavy atom. The van der Waals surface area contributed by atoms with Crippen LogP contribution < -0.4 is 5.32 Å². The van der Waals surface area contributed by atoms with Gasteiger partial charge in [0.1, 0.15) is 24.1 Å². The fraction of sp³-hybridized carbons (Fsp3) is 0.261. The summed E-state index contributed by atoms with van der Waals surface area (Å²) in [5, 5.41) is 3.84. The first-order chi connectivity index (χ1) is 15.4. The molecule has 0 unspecified atom stereocenters. The number of anilines is 1. The van der Waals surface area contributed by atoms with Gasteiger partial charge in [0.15, 0.2) is 0 Å². The number of ether oxygens (including phenoxy) is 1. The van der Waals surface area contributed by atoms with Crippen molar-refractivity contribution in [3.8, 4) is 0 Å². The molecule has 168 valence electrons. The zero-order valence-corrected chi connectivity index (χ0v) is 18.2. The standard InChI is InChI=1S/C23H22ClF2N3O3/c1-2-29(21(30)9-7-15-4-3-5-19(26)22(15)24)10-11-32-23(31)28-20-13-17-12-18(25)8-6-16(17)14-27-20/h3-6,8,12-14H,2,7,9-11H2,1H3,(H,27,28,31). The summed E-state index contributed by atoms with van der Waals surface area (Å²) in [6.45, 7) is 2.42. The van der Waals surface area contributed by atoms with Crippen molar-refractivity contribution in [1.82, 2.24) is 9.88 Å². The van der Waals surface area contributed by atoms with E-state index in [0.717, 1.165) is 5.39 Å². The minimum atomic E-state index is -0.733. The van der Waals surface area contributed by atoms with Crippen LogP contribution in [-0.4, -0.2) is 41.6 Å². The van der Waals surface area contributed by atoms with E-state index in [-0.39, 0.29) is 42.1 Å². The maximum atomic E-state index is 13.5. The van der Waals surface area contributed by atoms with Gasteiger partial charge in [-0.25, -0.2) is 18.6 Å². The molecule has 1 N–H and O–H groups in total. The Bertz CT molecular complexity index is 1130. The largest absolute Gasteiger partial charge is 0.447 e. The lowest BCUT2D eigenvalue weighted by Gasteiger charge is -2.21. The molecule has 0 aliphatic carbocycles. The number of nitrogens with zero attached hydrogens (tertiary/aromatic N) is 2. The second-order valence-electron chi connectivity index (χ2n) is 7.01. The van der Waals surface area contributed by atoms with Crippen LogP contribution in [0.25, 0.3) is 10.8 Å². The first-order valence-corrected chi connectivity index (χ1v) is 10.4. The minimum Gasteiger partial charge on any atom is -0.447 e. The molecule has 0 saturated carbocycles. The van der Waals surface area contributed by atoms with Crippen LogP contribution in [0, 0.1) is 11.6 Å². The van der Waals surface area contributed by atoms with Crippen LogP contribution in [0.3, 0.4) is 0 Å². The molecule has 0 aliphatic heterocycles. The number of halogens is 3. The van der Waals surface area contributed by atoms with Gasteiger partial charge in [0.05, 0.1) is 11.6 Å². The maximum absolute atomic E-state index is 13.5. The van der Waals surface area contributed by atoms with E-state index in [1.165, 1.54) is 29.3 Å². The summed E-state index contributed by atoms with van der Waals surface area (Å²) in [4.78, 5) is 30.1. The third kappa shape index (κ3) is 6.13. The first-order valence-electron chi connectivity index (χ1n) is 10.1. The van der Waals surface area contributed by atoms with Crippen molar-refractivity contribution in [2.45, 2.75) is 19.8 Å². The third-order valence-corrected chi connectivity index (χ3v) is 5.31. The molecule has 9 heteroatoms. The second kappa shape index (κ2) is 10.9. The summed E-state index contributed by atoms with van der Waals surface area (Å²) in [6.07, 6.45) is 1.25. The Labute approximate surface area is 189 Å². The van der Waals surface area contributed by atoms with E-state index in [1.54, 1.807) is 24.3 Å². The minimum absolute atomic E-state index is 0.0195. The second-order valence-corrected chi connectivity index (χ2v) is 7.39. The number of pyridine rings is 1. The molecular weight excluding hydrogens is 440 g/mol. The van der Waals surface area contributed by atoms with Gasteiger partial charge in [-0.1, -0.05) is 23.7 Å². The molecule has 3 rings (SSSR count). The van der Waals surface area contributed by atoms with Gasteiger partial charge in [0.2, 0.25) is 5.91 Å². The van der Waals surface area contributed by atoms with Crippen LogP contribution in [0.5, 0.6) is 0 Å². The highest BCUT2D eigenvalue weighted by Crippen LogP contribution is 2.21. The number of carbonyl (C=O) groups excluding carboxylic acids is 2. The quantitative estimate of drug-likeness (QED) is 0.500. The van der Waals surface area contributed by atoms with E-state index >= 15 is 0 Å². The summed E-state index contributed by atoms with van der Waals surface area (Å²) < 4.78 is 32.0. The smallest absolute Gasteiger partial charge is 0.412 e.